The molecule has 0 saturated heterocycles. The second kappa shape index (κ2) is 5.98. The average Bonchev–Trinajstić information content (AvgIpc) is 2.82. The van der Waals surface area contributed by atoms with Crippen molar-refractivity contribution in [1.82, 2.24) is 5.32 Å². The molecule has 2 N–H and O–H groups in total. The van der Waals surface area contributed by atoms with E-state index in [1.165, 1.54) is 0 Å². The summed E-state index contributed by atoms with van der Waals surface area (Å²) >= 11 is 6.56. The van der Waals surface area contributed by atoms with Crippen LogP contribution in [0.3, 0.4) is 0 Å². The predicted molar refractivity (Wildman–Crippen MR) is 84.3 cm³/mol. The van der Waals surface area contributed by atoms with Crippen molar-refractivity contribution in [2.75, 3.05) is 24.1 Å². The first-order valence-corrected chi connectivity index (χ1v) is 9.17. The van der Waals surface area contributed by atoms with Crippen LogP contribution in [-0.2, 0) is 16.4 Å². The van der Waals surface area contributed by atoms with Crippen LogP contribution in [0.25, 0.3) is 0 Å². The van der Waals surface area contributed by atoms with Crippen LogP contribution in [0, 0.1) is 5.82 Å². The quantitative estimate of drug-likeness (QED) is 0.722. The second-order valence-electron chi connectivity index (χ2n) is 4.32. The van der Waals surface area contributed by atoms with Gasteiger partial charge >= 0.3 is 0 Å². The summed E-state index contributed by atoms with van der Waals surface area (Å²) in [5.74, 6) is 0.225. The number of hydrogen-bond acceptors (Lipinski definition) is 4. The van der Waals surface area contributed by atoms with Gasteiger partial charge in [-0.3, -0.25) is 9.71 Å². The van der Waals surface area contributed by atoms with Crippen LogP contribution in [-0.4, -0.2) is 33.6 Å². The molecule has 110 valence electrons. The molecular weight excluding hydrogens is 417 g/mol. The van der Waals surface area contributed by atoms with E-state index in [1.807, 2.05) is 0 Å². The smallest absolute Gasteiger partial charge is 0.229 e. The number of nitrogens with one attached hydrogen (secondary N) is 2. The zero-order valence-corrected chi connectivity index (χ0v) is 14.5. The highest BCUT2D eigenvalue weighted by Crippen LogP contribution is 2.36. The first kappa shape index (κ1) is 15.7. The molecule has 1 heterocycles. The molecule has 20 heavy (non-hydrogen) atoms. The van der Waals surface area contributed by atoms with E-state index >= 15 is 0 Å². The minimum atomic E-state index is -3.47. The number of anilines is 1. The molecule has 5 nitrogen and oxygen atoms in total. The lowest BCUT2D eigenvalue weighted by Crippen LogP contribution is -2.21. The zero-order valence-electron chi connectivity index (χ0n) is 10.5. The third-order valence-corrected chi connectivity index (χ3v) is 5.46. The maximum atomic E-state index is 14.2. The van der Waals surface area contributed by atoms with E-state index in [4.69, 9.17) is 0 Å². The van der Waals surface area contributed by atoms with E-state index in [0.717, 1.165) is 24.7 Å². The number of aliphatic imine (C=N–C) groups is 1. The van der Waals surface area contributed by atoms with Crippen LogP contribution in [0.2, 0.25) is 0 Å². The fourth-order valence-corrected chi connectivity index (χ4v) is 3.49. The molecule has 0 radical (unpaired) electrons. The van der Waals surface area contributed by atoms with Crippen LogP contribution in [0.1, 0.15) is 5.56 Å². The Kier molecular flexibility index (Phi) is 4.70. The normalized spacial score (nSPS) is 14.9. The topological polar surface area (TPSA) is 70.6 Å². The van der Waals surface area contributed by atoms with Gasteiger partial charge < -0.3 is 5.32 Å². The molecule has 0 aliphatic carbocycles. The van der Waals surface area contributed by atoms with Crippen molar-refractivity contribution in [3.05, 3.63) is 26.4 Å². The summed E-state index contributed by atoms with van der Waals surface area (Å²) in [7, 11) is -3.47. The molecule has 0 atom stereocenters. The van der Waals surface area contributed by atoms with E-state index < -0.39 is 15.8 Å². The Balaban J connectivity index is 2.38. The SMILES string of the molecule is CS(=O)(=O)Nc1cc(F)c(CC2=NCCN2)c(Br)c1Br. The monoisotopic (exact) mass is 427 g/mol. The highest BCUT2D eigenvalue weighted by atomic mass is 79.9. The molecular formula is C11H12Br2FN3O2S. The van der Waals surface area contributed by atoms with E-state index in [0.29, 0.717) is 27.5 Å². The van der Waals surface area contributed by atoms with Crippen LogP contribution in [0.4, 0.5) is 10.1 Å². The third-order valence-electron chi connectivity index (χ3n) is 2.64. The van der Waals surface area contributed by atoms with Gasteiger partial charge in [0.2, 0.25) is 10.0 Å². The summed E-state index contributed by atoms with van der Waals surface area (Å²) in [6, 6.07) is 1.15. The van der Waals surface area contributed by atoms with E-state index in [2.05, 4.69) is 46.9 Å². The minimum absolute atomic E-state index is 0.155. The molecule has 0 fully saturated rings. The molecule has 0 spiro atoms. The molecule has 0 saturated carbocycles. The van der Waals surface area contributed by atoms with Gasteiger partial charge in [-0.2, -0.15) is 0 Å². The lowest BCUT2D eigenvalue weighted by Gasteiger charge is -2.13. The van der Waals surface area contributed by atoms with E-state index in [-0.39, 0.29) is 5.69 Å². The number of hydrogen-bond donors (Lipinski definition) is 2. The van der Waals surface area contributed by atoms with Crippen LogP contribution in [0.5, 0.6) is 0 Å². The highest BCUT2D eigenvalue weighted by molar-refractivity contribution is 9.13. The summed E-state index contributed by atoms with van der Waals surface area (Å²) in [5, 5.41) is 3.07. The van der Waals surface area contributed by atoms with Gasteiger partial charge in [0.05, 0.1) is 23.0 Å². The van der Waals surface area contributed by atoms with Gasteiger partial charge in [0, 0.05) is 23.0 Å². The number of benzene rings is 1. The Morgan fingerprint density at radius 1 is 1.45 bits per heavy atom. The zero-order chi connectivity index (χ0) is 14.9. The van der Waals surface area contributed by atoms with Crippen molar-refractivity contribution in [3.8, 4) is 0 Å². The summed E-state index contributed by atoms with van der Waals surface area (Å²) in [6.45, 7) is 1.44. The van der Waals surface area contributed by atoms with Gasteiger partial charge in [0.1, 0.15) is 11.7 Å². The predicted octanol–water partition coefficient (Wildman–Crippen LogP) is 2.27. The molecule has 0 aromatic heterocycles. The fraction of sp³-hybridized carbons (Fsp3) is 0.364. The molecule has 1 aromatic carbocycles. The Labute approximate surface area is 133 Å². The molecule has 1 aromatic rings. The van der Waals surface area contributed by atoms with Gasteiger partial charge in [0.15, 0.2) is 0 Å². The Hall–Kier alpha value is -0.670. The van der Waals surface area contributed by atoms with Gasteiger partial charge in [-0.05, 0) is 37.9 Å². The maximum Gasteiger partial charge on any atom is 0.229 e. The molecule has 1 aliphatic rings. The molecule has 1 aliphatic heterocycles. The number of sulfonamides is 1. The van der Waals surface area contributed by atoms with Crippen molar-refractivity contribution in [2.45, 2.75) is 6.42 Å². The van der Waals surface area contributed by atoms with Crippen molar-refractivity contribution >= 4 is 53.4 Å². The van der Waals surface area contributed by atoms with Crippen LogP contribution < -0.4 is 10.0 Å². The maximum absolute atomic E-state index is 14.2. The van der Waals surface area contributed by atoms with Crippen LogP contribution >= 0.6 is 31.9 Å². The standard InChI is InChI=1S/C11H12Br2FN3O2S/c1-20(18,19)17-8-5-7(14)6(10(12)11(8)13)4-9-15-2-3-16-9/h5,17H,2-4H2,1H3,(H,15,16). The Morgan fingerprint density at radius 3 is 2.70 bits per heavy atom. The first-order valence-electron chi connectivity index (χ1n) is 5.69. The summed E-state index contributed by atoms with van der Waals surface area (Å²) in [5.41, 5.74) is 0.575. The van der Waals surface area contributed by atoms with Crippen molar-refractivity contribution < 1.29 is 12.8 Å². The van der Waals surface area contributed by atoms with Gasteiger partial charge in [-0.1, -0.05) is 0 Å². The van der Waals surface area contributed by atoms with E-state index in [9.17, 15) is 12.8 Å². The van der Waals surface area contributed by atoms with Gasteiger partial charge in [-0.15, -0.1) is 0 Å². The second-order valence-corrected chi connectivity index (χ2v) is 7.65. The van der Waals surface area contributed by atoms with Crippen molar-refractivity contribution in [2.24, 2.45) is 4.99 Å². The average molecular weight is 429 g/mol. The Bertz CT molecular complexity index is 677. The third kappa shape index (κ3) is 3.70. The van der Waals surface area contributed by atoms with Crippen molar-refractivity contribution in [3.63, 3.8) is 0 Å². The molecule has 2 rings (SSSR count). The number of halogens is 3. The molecule has 9 heteroatoms. The highest BCUT2D eigenvalue weighted by Gasteiger charge is 2.19. The van der Waals surface area contributed by atoms with Gasteiger partial charge in [0.25, 0.3) is 0 Å². The van der Waals surface area contributed by atoms with Gasteiger partial charge in [-0.25, -0.2) is 12.8 Å². The number of rotatable bonds is 4. The summed E-state index contributed by atoms with van der Waals surface area (Å²) < 4.78 is 39.8. The van der Waals surface area contributed by atoms with Crippen LogP contribution in [0.15, 0.2) is 20.0 Å². The van der Waals surface area contributed by atoms with E-state index in [1.54, 1.807) is 0 Å². The fourth-order valence-electron chi connectivity index (χ4n) is 1.80. The summed E-state index contributed by atoms with van der Waals surface area (Å²) in [4.78, 5) is 4.22. The lowest BCUT2D eigenvalue weighted by atomic mass is 10.1. The summed E-state index contributed by atoms with van der Waals surface area (Å²) in [6.07, 6.45) is 1.33. The molecule has 0 unspecified atom stereocenters. The molecule has 0 bridgehead atoms. The number of amidine groups is 1. The first-order chi connectivity index (χ1) is 9.28. The minimum Gasteiger partial charge on any atom is -0.372 e. The Morgan fingerprint density at radius 2 is 2.15 bits per heavy atom. The number of nitrogens with zero attached hydrogens (tertiary/aromatic N) is 1. The largest absolute Gasteiger partial charge is 0.372 e. The lowest BCUT2D eigenvalue weighted by molar-refractivity contribution is 0.606. The molecule has 0 amide bonds. The van der Waals surface area contributed by atoms with Crippen molar-refractivity contribution in [1.29, 1.82) is 0 Å².